The Morgan fingerprint density at radius 3 is 2.59 bits per heavy atom. The van der Waals surface area contributed by atoms with Crippen LogP contribution in [0.3, 0.4) is 0 Å². The zero-order chi connectivity index (χ0) is 15.5. The Kier molecular flexibility index (Phi) is 3.94. The molecule has 0 bridgehead atoms. The van der Waals surface area contributed by atoms with Crippen molar-refractivity contribution in [3.8, 4) is 0 Å². The van der Waals surface area contributed by atoms with Crippen molar-refractivity contribution in [2.24, 2.45) is 0 Å². The lowest BCUT2D eigenvalue weighted by Crippen LogP contribution is -2.26. The largest absolute Gasteiger partial charge is 0.415 e. The quantitative estimate of drug-likeness (QED) is 0.944. The fraction of sp³-hybridized carbons (Fsp3) is 0.167. The minimum atomic E-state index is -0.724. The first kappa shape index (κ1) is 14.4. The Morgan fingerprint density at radius 2 is 1.82 bits per heavy atom. The number of hydrogen-bond donors (Lipinski definition) is 1. The molecule has 2 aromatic rings. The van der Waals surface area contributed by atoms with E-state index in [-0.39, 0.29) is 0 Å². The monoisotopic (exact) mass is 295 g/mol. The first-order valence-electron chi connectivity index (χ1n) is 7.11. The number of nitrogens with zero attached hydrogens (tertiary/aromatic N) is 1. The number of ether oxygens (including phenoxy) is 1. The molecule has 1 amide bonds. The van der Waals surface area contributed by atoms with Gasteiger partial charge in [-0.15, -0.1) is 0 Å². The van der Waals surface area contributed by atoms with Crippen LogP contribution in [-0.4, -0.2) is 23.1 Å². The van der Waals surface area contributed by atoms with Gasteiger partial charge < -0.3 is 14.7 Å². The number of aliphatic hydroxyl groups excluding tert-OH is 1. The van der Waals surface area contributed by atoms with Crippen LogP contribution in [0.4, 0.5) is 4.79 Å². The summed E-state index contributed by atoms with van der Waals surface area (Å²) in [6.45, 7) is 0.469. The van der Waals surface area contributed by atoms with Gasteiger partial charge in [-0.05, 0) is 17.2 Å². The average Bonchev–Trinajstić information content (AvgIpc) is 2.85. The van der Waals surface area contributed by atoms with Gasteiger partial charge in [0.1, 0.15) is 11.9 Å². The maximum atomic E-state index is 12.2. The molecule has 0 saturated carbocycles. The van der Waals surface area contributed by atoms with Crippen LogP contribution in [0, 0.1) is 0 Å². The molecular weight excluding hydrogens is 278 g/mol. The van der Waals surface area contributed by atoms with Crippen LogP contribution < -0.4 is 0 Å². The van der Waals surface area contributed by atoms with Gasteiger partial charge in [0.15, 0.2) is 0 Å². The summed E-state index contributed by atoms with van der Waals surface area (Å²) < 4.78 is 5.43. The van der Waals surface area contributed by atoms with E-state index in [1.165, 1.54) is 4.90 Å². The molecule has 0 radical (unpaired) electrons. The SMILES string of the molecule is CN(Cc1ccccc1)C(=O)OC1=CC(O)c2ccccc21. The average molecular weight is 295 g/mol. The summed E-state index contributed by atoms with van der Waals surface area (Å²) >= 11 is 0. The van der Waals surface area contributed by atoms with E-state index in [1.807, 2.05) is 54.6 Å². The lowest BCUT2D eigenvalue weighted by Gasteiger charge is -2.17. The van der Waals surface area contributed by atoms with E-state index in [2.05, 4.69) is 0 Å². The molecule has 0 spiro atoms. The molecule has 1 aliphatic rings. The summed E-state index contributed by atoms with van der Waals surface area (Å²) in [7, 11) is 1.69. The minimum Gasteiger partial charge on any atom is -0.410 e. The van der Waals surface area contributed by atoms with E-state index in [4.69, 9.17) is 4.74 Å². The lowest BCUT2D eigenvalue weighted by atomic mass is 10.1. The van der Waals surface area contributed by atoms with Crippen LogP contribution in [0.15, 0.2) is 60.7 Å². The van der Waals surface area contributed by atoms with Gasteiger partial charge in [0.2, 0.25) is 0 Å². The minimum absolute atomic E-state index is 0.410. The van der Waals surface area contributed by atoms with Crippen molar-refractivity contribution in [1.82, 2.24) is 4.90 Å². The molecule has 0 heterocycles. The summed E-state index contributed by atoms with van der Waals surface area (Å²) in [5, 5.41) is 9.96. The lowest BCUT2D eigenvalue weighted by molar-refractivity contribution is 0.151. The van der Waals surface area contributed by atoms with Crippen LogP contribution in [0.5, 0.6) is 0 Å². The topological polar surface area (TPSA) is 49.8 Å². The zero-order valence-corrected chi connectivity index (χ0v) is 12.3. The molecule has 1 unspecified atom stereocenters. The van der Waals surface area contributed by atoms with E-state index >= 15 is 0 Å². The van der Waals surface area contributed by atoms with Gasteiger partial charge >= 0.3 is 6.09 Å². The molecule has 0 fully saturated rings. The molecule has 0 aliphatic heterocycles. The standard InChI is InChI=1S/C18H17NO3/c1-19(12-13-7-3-2-4-8-13)18(21)22-17-11-16(20)14-9-5-6-10-15(14)17/h2-11,16,20H,12H2,1H3. The fourth-order valence-electron chi connectivity index (χ4n) is 2.49. The molecule has 3 rings (SSSR count). The van der Waals surface area contributed by atoms with Crippen molar-refractivity contribution in [1.29, 1.82) is 0 Å². The zero-order valence-electron chi connectivity index (χ0n) is 12.3. The van der Waals surface area contributed by atoms with Gasteiger partial charge in [0.05, 0.1) is 0 Å². The summed E-state index contributed by atoms with van der Waals surface area (Å²) in [4.78, 5) is 13.7. The molecule has 0 aromatic heterocycles. The van der Waals surface area contributed by atoms with Crippen LogP contribution >= 0.6 is 0 Å². The molecule has 1 N–H and O–H groups in total. The number of hydrogen-bond acceptors (Lipinski definition) is 3. The number of carbonyl (C=O) groups is 1. The van der Waals surface area contributed by atoms with Crippen LogP contribution in [-0.2, 0) is 11.3 Å². The van der Waals surface area contributed by atoms with Crippen molar-refractivity contribution in [2.45, 2.75) is 12.6 Å². The maximum absolute atomic E-state index is 12.2. The molecule has 112 valence electrons. The van der Waals surface area contributed by atoms with Gasteiger partial charge in [-0.25, -0.2) is 4.79 Å². The Morgan fingerprint density at radius 1 is 1.14 bits per heavy atom. The van der Waals surface area contributed by atoms with Gasteiger partial charge in [-0.1, -0.05) is 54.6 Å². The van der Waals surface area contributed by atoms with Crippen molar-refractivity contribution >= 4 is 11.9 Å². The van der Waals surface area contributed by atoms with Gasteiger partial charge in [-0.2, -0.15) is 0 Å². The van der Waals surface area contributed by atoms with E-state index in [1.54, 1.807) is 13.1 Å². The number of amides is 1. The second-order valence-electron chi connectivity index (χ2n) is 5.27. The Balaban J connectivity index is 1.69. The van der Waals surface area contributed by atoms with Crippen molar-refractivity contribution in [3.05, 3.63) is 77.4 Å². The highest BCUT2D eigenvalue weighted by Crippen LogP contribution is 2.34. The fourth-order valence-corrected chi connectivity index (χ4v) is 2.49. The third-order valence-corrected chi connectivity index (χ3v) is 3.63. The smallest absolute Gasteiger partial charge is 0.410 e. The Bertz CT molecular complexity index is 709. The van der Waals surface area contributed by atoms with Crippen LogP contribution in [0.2, 0.25) is 0 Å². The number of carbonyl (C=O) groups excluding carboxylic acids is 1. The van der Waals surface area contributed by atoms with Crippen molar-refractivity contribution < 1.29 is 14.6 Å². The third kappa shape index (κ3) is 2.87. The number of rotatable bonds is 3. The van der Waals surface area contributed by atoms with Gasteiger partial charge in [-0.3, -0.25) is 0 Å². The molecule has 0 saturated heterocycles. The molecule has 1 atom stereocenters. The summed E-state index contributed by atoms with van der Waals surface area (Å²) in [6.07, 6.45) is 0.385. The predicted octanol–water partition coefficient (Wildman–Crippen LogP) is 3.34. The molecule has 2 aromatic carbocycles. The number of benzene rings is 2. The highest BCUT2D eigenvalue weighted by atomic mass is 16.6. The Labute approximate surface area is 129 Å². The van der Waals surface area contributed by atoms with Crippen molar-refractivity contribution in [2.75, 3.05) is 7.05 Å². The first-order valence-corrected chi connectivity index (χ1v) is 7.11. The second-order valence-corrected chi connectivity index (χ2v) is 5.27. The van der Waals surface area contributed by atoms with E-state index < -0.39 is 12.2 Å². The van der Waals surface area contributed by atoms with Crippen LogP contribution in [0.1, 0.15) is 22.8 Å². The number of aliphatic hydroxyl groups is 1. The molecular formula is C18H17NO3. The highest BCUT2D eigenvalue weighted by molar-refractivity contribution is 5.80. The van der Waals surface area contributed by atoms with Gasteiger partial charge in [0, 0.05) is 19.2 Å². The summed E-state index contributed by atoms with van der Waals surface area (Å²) in [5.41, 5.74) is 2.55. The molecule has 22 heavy (non-hydrogen) atoms. The first-order chi connectivity index (χ1) is 10.6. The van der Waals surface area contributed by atoms with Gasteiger partial charge in [0.25, 0.3) is 0 Å². The summed E-state index contributed by atoms with van der Waals surface area (Å²) in [6, 6.07) is 17.1. The maximum Gasteiger partial charge on any atom is 0.415 e. The molecule has 4 nitrogen and oxygen atoms in total. The second kappa shape index (κ2) is 6.03. The molecule has 1 aliphatic carbocycles. The van der Waals surface area contributed by atoms with Crippen molar-refractivity contribution in [3.63, 3.8) is 0 Å². The normalized spacial score (nSPS) is 15.9. The highest BCUT2D eigenvalue weighted by Gasteiger charge is 2.25. The predicted molar refractivity (Wildman–Crippen MR) is 83.8 cm³/mol. The van der Waals surface area contributed by atoms with Crippen LogP contribution in [0.25, 0.3) is 5.76 Å². The third-order valence-electron chi connectivity index (χ3n) is 3.63. The van der Waals surface area contributed by atoms with E-state index in [0.717, 1.165) is 16.7 Å². The Hall–Kier alpha value is -2.59. The number of fused-ring (bicyclic) bond motifs is 1. The van der Waals surface area contributed by atoms with E-state index in [0.29, 0.717) is 12.3 Å². The summed E-state index contributed by atoms with van der Waals surface area (Å²) in [5.74, 6) is 0.410. The van der Waals surface area contributed by atoms with E-state index in [9.17, 15) is 9.90 Å². The molecule has 4 heteroatoms.